The highest BCUT2D eigenvalue weighted by atomic mass is 16.5. The van der Waals surface area contributed by atoms with Crippen LogP contribution in [-0.4, -0.2) is 47.4 Å². The van der Waals surface area contributed by atoms with Crippen molar-refractivity contribution in [2.45, 2.75) is 360 Å². The van der Waals surface area contributed by atoms with Crippen LogP contribution in [0.25, 0.3) is 0 Å². The van der Waals surface area contributed by atoms with Crippen molar-refractivity contribution < 1.29 is 24.5 Å². The first-order valence-corrected chi connectivity index (χ1v) is 31.6. The van der Waals surface area contributed by atoms with Crippen LogP contribution in [0, 0.1) is 0 Å². The predicted molar refractivity (Wildman–Crippen MR) is 306 cm³/mol. The van der Waals surface area contributed by atoms with E-state index in [2.05, 4.69) is 43.5 Å². The molecule has 0 aliphatic rings. The molecule has 0 radical (unpaired) electrons. The van der Waals surface area contributed by atoms with Crippen LogP contribution in [-0.2, 0) is 14.3 Å². The number of carbonyl (C=O) groups is 2. The van der Waals surface area contributed by atoms with E-state index in [4.69, 9.17) is 4.74 Å². The summed E-state index contributed by atoms with van der Waals surface area (Å²) in [4.78, 5) is 24.5. The van der Waals surface area contributed by atoms with Crippen molar-refractivity contribution in [3.63, 3.8) is 0 Å². The average molecular weight is 987 g/mol. The third-order valence-corrected chi connectivity index (χ3v) is 14.7. The van der Waals surface area contributed by atoms with Gasteiger partial charge in [0.1, 0.15) is 0 Å². The predicted octanol–water partition coefficient (Wildman–Crippen LogP) is 19.8. The maximum atomic E-state index is 12.4. The second-order valence-corrected chi connectivity index (χ2v) is 21.7. The van der Waals surface area contributed by atoms with E-state index in [0.717, 1.165) is 44.9 Å². The average Bonchev–Trinajstić information content (AvgIpc) is 3.36. The van der Waals surface area contributed by atoms with Crippen LogP contribution in [0.4, 0.5) is 0 Å². The van der Waals surface area contributed by atoms with Crippen molar-refractivity contribution in [3.8, 4) is 0 Å². The van der Waals surface area contributed by atoms with Gasteiger partial charge in [0.25, 0.3) is 0 Å². The molecule has 0 spiro atoms. The van der Waals surface area contributed by atoms with E-state index in [0.29, 0.717) is 25.9 Å². The van der Waals surface area contributed by atoms with Gasteiger partial charge in [-0.3, -0.25) is 9.59 Å². The minimum Gasteiger partial charge on any atom is -0.466 e. The number of aliphatic hydroxyl groups is 2. The molecule has 0 heterocycles. The van der Waals surface area contributed by atoms with E-state index >= 15 is 0 Å². The molecule has 2 unspecified atom stereocenters. The number of amides is 1. The van der Waals surface area contributed by atoms with E-state index in [1.54, 1.807) is 0 Å². The van der Waals surface area contributed by atoms with Crippen LogP contribution in [0.15, 0.2) is 24.3 Å². The summed E-state index contributed by atoms with van der Waals surface area (Å²) in [6, 6.07) is -0.538. The van der Waals surface area contributed by atoms with Gasteiger partial charge in [-0.15, -0.1) is 0 Å². The van der Waals surface area contributed by atoms with Gasteiger partial charge >= 0.3 is 5.97 Å². The molecule has 0 aromatic rings. The number of aliphatic hydroxyl groups excluding tert-OH is 2. The van der Waals surface area contributed by atoms with E-state index in [1.165, 1.54) is 270 Å². The summed E-state index contributed by atoms with van der Waals surface area (Å²) < 4.78 is 5.48. The number of esters is 1. The van der Waals surface area contributed by atoms with Gasteiger partial charge < -0.3 is 20.3 Å². The zero-order valence-corrected chi connectivity index (χ0v) is 47.3. The lowest BCUT2D eigenvalue weighted by Crippen LogP contribution is -2.45. The van der Waals surface area contributed by atoms with Crippen LogP contribution in [0.5, 0.6) is 0 Å². The molecule has 0 aliphatic heterocycles. The zero-order valence-electron chi connectivity index (χ0n) is 47.3. The molecular formula is C64H123NO5. The van der Waals surface area contributed by atoms with Gasteiger partial charge in [-0.1, -0.05) is 282 Å². The molecule has 0 aromatic heterocycles. The maximum absolute atomic E-state index is 12.4. The Balaban J connectivity index is 3.34. The smallest absolute Gasteiger partial charge is 0.305 e. The molecule has 3 N–H and O–H groups in total. The Morgan fingerprint density at radius 1 is 0.386 bits per heavy atom. The van der Waals surface area contributed by atoms with Gasteiger partial charge in [0.15, 0.2) is 0 Å². The molecule has 70 heavy (non-hydrogen) atoms. The molecular weight excluding hydrogens is 863 g/mol. The number of carbonyl (C=O) groups excluding carboxylic acids is 2. The quantitative estimate of drug-likeness (QED) is 0.0321. The van der Waals surface area contributed by atoms with E-state index in [1.807, 2.05) is 0 Å². The van der Waals surface area contributed by atoms with Gasteiger partial charge in [0.2, 0.25) is 5.91 Å². The molecule has 0 saturated heterocycles. The Bertz CT molecular complexity index is 1090. The van der Waals surface area contributed by atoms with Crippen molar-refractivity contribution in [2.75, 3.05) is 13.2 Å². The van der Waals surface area contributed by atoms with Crippen molar-refractivity contribution >= 4 is 11.9 Å². The van der Waals surface area contributed by atoms with Crippen molar-refractivity contribution in [1.82, 2.24) is 5.32 Å². The van der Waals surface area contributed by atoms with Gasteiger partial charge in [-0.25, -0.2) is 0 Å². The summed E-state index contributed by atoms with van der Waals surface area (Å²) in [6.45, 7) is 4.94. The summed E-state index contributed by atoms with van der Waals surface area (Å²) in [5.41, 5.74) is 0. The minimum absolute atomic E-state index is 0.00872. The molecule has 6 nitrogen and oxygen atoms in total. The van der Waals surface area contributed by atoms with E-state index in [9.17, 15) is 19.8 Å². The van der Waals surface area contributed by atoms with E-state index < -0.39 is 12.1 Å². The van der Waals surface area contributed by atoms with Crippen molar-refractivity contribution in [2.24, 2.45) is 0 Å². The SMILES string of the molecule is CCCCCCCC/C=C\CCCCCCCC(=O)OCCCCCCCCCCCCCC/C=C\CCCCCCCCCCCCCCCC(=O)NC(CO)C(O)CCCCCCCCCCC. The first-order chi connectivity index (χ1) is 34.5. The molecule has 6 heteroatoms. The largest absolute Gasteiger partial charge is 0.466 e. The first-order valence-electron chi connectivity index (χ1n) is 31.6. The van der Waals surface area contributed by atoms with Gasteiger partial charge in [0, 0.05) is 12.8 Å². The number of nitrogens with one attached hydrogen (secondary N) is 1. The Kier molecular flexibility index (Phi) is 58.5. The summed E-state index contributed by atoms with van der Waals surface area (Å²) >= 11 is 0. The molecule has 0 rings (SSSR count). The standard InChI is InChI=1S/C64H123NO5/c1-3-5-7-9-11-13-14-15-31-35-38-42-46-50-54-58-64(69)70-59-55-51-47-43-39-36-33-30-28-26-24-22-20-18-16-17-19-21-23-25-27-29-32-34-37-41-45-49-53-57-63(68)65-61(60-66)62(67)56-52-48-44-40-12-10-8-6-4-2/h15-16,18,31,61-62,66-67H,3-14,17,19-30,32-60H2,1-2H3,(H,65,68)/b18-16-,31-15-. The fourth-order valence-corrected chi connectivity index (χ4v) is 9.87. The van der Waals surface area contributed by atoms with Gasteiger partial charge in [-0.05, 0) is 77.0 Å². The van der Waals surface area contributed by atoms with Crippen LogP contribution < -0.4 is 5.32 Å². The van der Waals surface area contributed by atoms with Crippen LogP contribution >= 0.6 is 0 Å². The molecule has 0 saturated carbocycles. The molecule has 1 amide bonds. The van der Waals surface area contributed by atoms with Crippen LogP contribution in [0.2, 0.25) is 0 Å². The molecule has 0 bridgehead atoms. The van der Waals surface area contributed by atoms with Crippen molar-refractivity contribution in [1.29, 1.82) is 0 Å². The number of allylic oxidation sites excluding steroid dienone is 4. The zero-order chi connectivity index (χ0) is 50.7. The highest BCUT2D eigenvalue weighted by Gasteiger charge is 2.20. The monoisotopic (exact) mass is 986 g/mol. The fourth-order valence-electron chi connectivity index (χ4n) is 9.87. The normalized spacial score (nSPS) is 12.7. The second kappa shape index (κ2) is 59.9. The number of unbranched alkanes of at least 4 members (excludes halogenated alkanes) is 44. The number of hydrogen-bond donors (Lipinski definition) is 3. The first kappa shape index (κ1) is 68.3. The summed E-state index contributed by atoms with van der Waals surface area (Å²) in [6.07, 6.45) is 73.6. The lowest BCUT2D eigenvalue weighted by Gasteiger charge is -2.22. The Morgan fingerprint density at radius 3 is 1.01 bits per heavy atom. The molecule has 0 aromatic carbocycles. The number of hydrogen-bond acceptors (Lipinski definition) is 5. The van der Waals surface area contributed by atoms with Crippen molar-refractivity contribution in [3.05, 3.63) is 24.3 Å². The minimum atomic E-state index is -0.661. The fraction of sp³-hybridized carbons (Fsp3) is 0.906. The molecule has 414 valence electrons. The van der Waals surface area contributed by atoms with Gasteiger partial charge in [0.05, 0.1) is 25.4 Å². The lowest BCUT2D eigenvalue weighted by atomic mass is 10.0. The molecule has 0 aliphatic carbocycles. The number of rotatable bonds is 59. The second-order valence-electron chi connectivity index (χ2n) is 21.7. The number of ether oxygens (including phenoxy) is 1. The van der Waals surface area contributed by atoms with Crippen LogP contribution in [0.3, 0.4) is 0 Å². The third-order valence-electron chi connectivity index (χ3n) is 14.7. The van der Waals surface area contributed by atoms with Gasteiger partial charge in [-0.2, -0.15) is 0 Å². The van der Waals surface area contributed by atoms with E-state index in [-0.39, 0.29) is 18.5 Å². The summed E-state index contributed by atoms with van der Waals surface area (Å²) in [7, 11) is 0. The van der Waals surface area contributed by atoms with Crippen LogP contribution in [0.1, 0.15) is 348 Å². The Morgan fingerprint density at radius 2 is 0.671 bits per heavy atom. The molecule has 2 atom stereocenters. The Hall–Kier alpha value is -1.66. The molecule has 0 fully saturated rings. The Labute approximate surface area is 437 Å². The third kappa shape index (κ3) is 55.7. The lowest BCUT2D eigenvalue weighted by molar-refractivity contribution is -0.143. The summed E-state index contributed by atoms with van der Waals surface area (Å²) in [5.74, 6) is -0.0268. The highest BCUT2D eigenvalue weighted by molar-refractivity contribution is 5.76. The topological polar surface area (TPSA) is 95.9 Å². The summed E-state index contributed by atoms with van der Waals surface area (Å²) in [5, 5.41) is 23.1. The highest BCUT2D eigenvalue weighted by Crippen LogP contribution is 2.17. The maximum Gasteiger partial charge on any atom is 0.305 e.